The Morgan fingerprint density at radius 2 is 1.26 bits per heavy atom. The van der Waals surface area contributed by atoms with E-state index in [0.717, 1.165) is 30.4 Å². The minimum atomic E-state index is -5.08. The molecule has 15 nitrogen and oxygen atoms in total. The standard InChI is InChI=1S/C41H55N9O4.C2HF3O2/c1-49(26-29-13-6-3-7-14-29)39(53)33(25-28-20-22-32(23-21-28)36(42)43)37(51)48-35(31-17-10-5-11-18-31)38(52)47-34(19-12-24-46-41(44)45)40(54)50(2)27-30-15-8-4-9-16-30;3-2(4,5)1(6)7/h3-4,6-9,13-16,20-23,31,33-35H,5,10-12,17-19,24-27H2,1-2H3,(H3,42,43)(H,47,52)(H,48,51)(H4,44,45,46);(H,6,7)/t33?,34-,35?;/m0./s1. The van der Waals surface area contributed by atoms with Crippen molar-refractivity contribution in [3.8, 4) is 0 Å². The molecule has 1 fully saturated rings. The molecule has 18 heteroatoms. The van der Waals surface area contributed by atoms with E-state index in [-0.39, 0.29) is 43.0 Å². The number of guanidine groups is 1. The van der Waals surface area contributed by atoms with E-state index in [2.05, 4.69) is 16.0 Å². The number of likely N-dealkylation sites (N-methyl/N-ethyl adjacent to an activating group) is 1. The number of amidine groups is 1. The first-order chi connectivity index (χ1) is 28.9. The quantitative estimate of drug-likeness (QED) is 0.0400. The number of carboxylic acids is 1. The molecule has 1 aliphatic carbocycles. The van der Waals surface area contributed by atoms with Crippen LogP contribution in [0, 0.1) is 22.7 Å². The lowest BCUT2D eigenvalue weighted by Crippen LogP contribution is -2.58. The number of nitrogens with one attached hydrogen (secondary N) is 5. The van der Waals surface area contributed by atoms with E-state index in [1.807, 2.05) is 60.7 Å². The van der Waals surface area contributed by atoms with Crippen molar-refractivity contribution in [1.29, 1.82) is 10.8 Å². The highest BCUT2D eigenvalue weighted by atomic mass is 19.4. The van der Waals surface area contributed by atoms with Crippen molar-refractivity contribution >= 4 is 41.4 Å². The minimum absolute atomic E-state index is 0.0650. The van der Waals surface area contributed by atoms with Crippen LogP contribution in [0.25, 0.3) is 0 Å². The second-order valence-electron chi connectivity index (χ2n) is 15.0. The van der Waals surface area contributed by atoms with Crippen LogP contribution in [0.3, 0.4) is 0 Å². The van der Waals surface area contributed by atoms with E-state index in [0.29, 0.717) is 43.5 Å². The van der Waals surface area contributed by atoms with Crippen LogP contribution in [0.15, 0.2) is 84.9 Å². The monoisotopic (exact) mass is 851 g/mol. The van der Waals surface area contributed by atoms with Gasteiger partial charge in [-0.2, -0.15) is 13.2 Å². The maximum absolute atomic E-state index is 14.4. The van der Waals surface area contributed by atoms with Gasteiger partial charge in [-0.15, -0.1) is 0 Å². The lowest BCUT2D eigenvalue weighted by Gasteiger charge is -2.33. The highest BCUT2D eigenvalue weighted by molar-refractivity contribution is 6.02. The molecule has 3 aromatic rings. The van der Waals surface area contributed by atoms with Crippen LogP contribution >= 0.6 is 0 Å². The second kappa shape index (κ2) is 24.0. The number of alkyl halides is 3. The molecule has 2 unspecified atom stereocenters. The Kier molecular flexibility index (Phi) is 19.2. The highest BCUT2D eigenvalue weighted by Gasteiger charge is 2.39. The number of carbonyl (C=O) groups is 5. The molecule has 0 spiro atoms. The molecule has 10 N–H and O–H groups in total. The Morgan fingerprint density at radius 3 is 1.74 bits per heavy atom. The Balaban J connectivity index is 0.00000130. The molecular formula is C43H56F3N9O6. The molecule has 0 radical (unpaired) electrons. The maximum atomic E-state index is 14.4. The van der Waals surface area contributed by atoms with E-state index >= 15 is 0 Å². The first-order valence-corrected chi connectivity index (χ1v) is 19.9. The Hall–Kier alpha value is -6.46. The van der Waals surface area contributed by atoms with E-state index in [1.165, 1.54) is 4.90 Å². The van der Waals surface area contributed by atoms with Gasteiger partial charge in [0, 0.05) is 39.3 Å². The Labute approximate surface area is 353 Å². The van der Waals surface area contributed by atoms with Gasteiger partial charge in [0.1, 0.15) is 23.8 Å². The third kappa shape index (κ3) is 16.6. The number of hydrogen-bond acceptors (Lipinski definition) is 7. The molecule has 1 saturated carbocycles. The van der Waals surface area contributed by atoms with Gasteiger partial charge in [0.05, 0.1) is 0 Å². The van der Waals surface area contributed by atoms with Crippen LogP contribution < -0.4 is 27.4 Å². The molecule has 0 bridgehead atoms. The summed E-state index contributed by atoms with van der Waals surface area (Å²) in [5, 5.41) is 31.1. The molecule has 1 aliphatic rings. The second-order valence-corrected chi connectivity index (χ2v) is 15.0. The number of benzene rings is 3. The van der Waals surface area contributed by atoms with Crippen LogP contribution in [0.2, 0.25) is 0 Å². The number of amides is 4. The van der Waals surface area contributed by atoms with Crippen molar-refractivity contribution < 1.29 is 42.3 Å². The fourth-order valence-electron chi connectivity index (χ4n) is 6.92. The molecule has 0 heterocycles. The summed E-state index contributed by atoms with van der Waals surface area (Å²) >= 11 is 0. The Bertz CT molecular complexity index is 1930. The number of hydrogen-bond donors (Lipinski definition) is 8. The SMILES string of the molecule is CN(Cc1ccccc1)C(=O)C(Cc1ccc(C(=N)N)cc1)C(=O)NC(C(=O)N[C@@H](CCCNC(=N)N)C(=O)N(C)Cc1ccccc1)C1CCCCC1.O=C(O)C(F)(F)F. The molecule has 0 aliphatic heterocycles. The zero-order chi connectivity index (χ0) is 45.1. The first kappa shape index (κ1) is 48.9. The summed E-state index contributed by atoms with van der Waals surface area (Å²) in [5.41, 5.74) is 14.2. The predicted molar refractivity (Wildman–Crippen MR) is 224 cm³/mol. The number of nitrogens with zero attached hydrogens (tertiary/aromatic N) is 2. The summed E-state index contributed by atoms with van der Waals surface area (Å²) in [6.45, 7) is 0.972. The van der Waals surface area contributed by atoms with E-state index in [4.69, 9.17) is 32.2 Å². The molecular weight excluding hydrogens is 796 g/mol. The van der Waals surface area contributed by atoms with Crippen molar-refractivity contribution in [1.82, 2.24) is 25.8 Å². The van der Waals surface area contributed by atoms with Crippen LogP contribution in [0.1, 0.15) is 67.2 Å². The normalized spacial score (nSPS) is 14.1. The third-order valence-electron chi connectivity index (χ3n) is 10.1. The zero-order valence-electron chi connectivity index (χ0n) is 34.3. The van der Waals surface area contributed by atoms with Gasteiger partial charge in [0.15, 0.2) is 5.96 Å². The first-order valence-electron chi connectivity index (χ1n) is 19.9. The lowest BCUT2D eigenvalue weighted by atomic mass is 9.83. The van der Waals surface area contributed by atoms with Crippen molar-refractivity contribution in [2.24, 2.45) is 23.3 Å². The average Bonchev–Trinajstić information content (AvgIpc) is 3.23. The van der Waals surface area contributed by atoms with Crippen LogP contribution in [0.5, 0.6) is 0 Å². The van der Waals surface area contributed by atoms with Gasteiger partial charge in [-0.05, 0) is 54.7 Å². The van der Waals surface area contributed by atoms with Crippen LogP contribution in [-0.4, -0.2) is 95.2 Å². The molecule has 330 valence electrons. The van der Waals surface area contributed by atoms with Gasteiger partial charge in [-0.1, -0.05) is 104 Å². The van der Waals surface area contributed by atoms with Crippen molar-refractivity contribution in [2.75, 3.05) is 20.6 Å². The van der Waals surface area contributed by atoms with Gasteiger partial charge in [-0.3, -0.25) is 30.0 Å². The van der Waals surface area contributed by atoms with Crippen molar-refractivity contribution in [2.45, 2.75) is 82.7 Å². The number of carboxylic acid groups (broad SMARTS) is 1. The maximum Gasteiger partial charge on any atom is 0.490 e. The topological polar surface area (TPSA) is 248 Å². The van der Waals surface area contributed by atoms with Crippen LogP contribution in [0.4, 0.5) is 13.2 Å². The summed E-state index contributed by atoms with van der Waals surface area (Å²) in [7, 11) is 3.34. The summed E-state index contributed by atoms with van der Waals surface area (Å²) in [6.07, 6.45) is -0.0508. The van der Waals surface area contributed by atoms with Gasteiger partial charge in [0.2, 0.25) is 23.6 Å². The zero-order valence-corrected chi connectivity index (χ0v) is 34.3. The minimum Gasteiger partial charge on any atom is -0.475 e. The van der Waals surface area contributed by atoms with Gasteiger partial charge < -0.3 is 42.3 Å². The Morgan fingerprint density at radius 1 is 0.754 bits per heavy atom. The molecule has 0 aromatic heterocycles. The predicted octanol–water partition coefficient (Wildman–Crippen LogP) is 3.89. The number of rotatable bonds is 18. The lowest BCUT2D eigenvalue weighted by molar-refractivity contribution is -0.192. The number of nitrogen functional groups attached to an aromatic ring is 1. The number of nitrogens with two attached hydrogens (primary N) is 2. The van der Waals surface area contributed by atoms with Crippen molar-refractivity contribution in [3.63, 3.8) is 0 Å². The van der Waals surface area contributed by atoms with Crippen molar-refractivity contribution in [3.05, 3.63) is 107 Å². The van der Waals surface area contributed by atoms with Gasteiger partial charge in [0.25, 0.3) is 0 Å². The molecule has 4 amide bonds. The smallest absolute Gasteiger partial charge is 0.475 e. The fraction of sp³-hybridized carbons (Fsp3) is 0.419. The molecule has 61 heavy (non-hydrogen) atoms. The van der Waals surface area contributed by atoms with Gasteiger partial charge >= 0.3 is 12.1 Å². The average molecular weight is 852 g/mol. The summed E-state index contributed by atoms with van der Waals surface area (Å²) < 4.78 is 31.7. The van der Waals surface area contributed by atoms with E-state index in [9.17, 15) is 32.3 Å². The highest BCUT2D eigenvalue weighted by Crippen LogP contribution is 2.28. The van der Waals surface area contributed by atoms with Crippen LogP contribution in [-0.2, 0) is 43.5 Å². The number of aliphatic carboxylic acids is 1. The summed E-state index contributed by atoms with van der Waals surface area (Å²) in [6, 6.07) is 24.0. The molecule has 4 rings (SSSR count). The van der Waals surface area contributed by atoms with Gasteiger partial charge in [-0.25, -0.2) is 4.79 Å². The summed E-state index contributed by atoms with van der Waals surface area (Å²) in [5.74, 6) is -6.11. The largest absolute Gasteiger partial charge is 0.490 e. The van der Waals surface area contributed by atoms with E-state index in [1.54, 1.807) is 43.3 Å². The number of halogens is 3. The molecule has 3 aromatic carbocycles. The van der Waals surface area contributed by atoms with E-state index < -0.39 is 47.9 Å². The number of carbonyl (C=O) groups excluding carboxylic acids is 4. The molecule has 0 saturated heterocycles. The fourth-order valence-corrected chi connectivity index (χ4v) is 6.92. The molecule has 3 atom stereocenters. The summed E-state index contributed by atoms with van der Waals surface area (Å²) in [4.78, 5) is 68.7. The third-order valence-corrected chi connectivity index (χ3v) is 10.1.